The molecule has 0 bridgehead atoms. The minimum atomic E-state index is 0. The summed E-state index contributed by atoms with van der Waals surface area (Å²) in [4.78, 5) is 2.16. The van der Waals surface area contributed by atoms with E-state index >= 15 is 0 Å². The highest BCUT2D eigenvalue weighted by Crippen LogP contribution is 2.27. The topological polar surface area (TPSA) is 30.3 Å². The van der Waals surface area contributed by atoms with Crippen molar-refractivity contribution >= 4 is 23.3 Å². The number of hydrogen-bond acceptors (Lipinski definition) is 3. The Morgan fingerprint density at radius 1 is 1.00 bits per heavy atom. The van der Waals surface area contributed by atoms with E-state index in [-0.39, 0.29) is 12.4 Å². The van der Waals surface area contributed by atoms with Crippen LogP contribution in [0.3, 0.4) is 0 Å². The average Bonchev–Trinajstić information content (AvgIpc) is 2.91. The van der Waals surface area contributed by atoms with Gasteiger partial charge in [-0.25, -0.2) is 4.68 Å². The van der Waals surface area contributed by atoms with Crippen LogP contribution in [-0.2, 0) is 0 Å². The van der Waals surface area contributed by atoms with E-state index in [0.717, 1.165) is 29.6 Å². The molecule has 5 heteroatoms. The zero-order valence-corrected chi connectivity index (χ0v) is 14.3. The van der Waals surface area contributed by atoms with Gasteiger partial charge < -0.3 is 9.64 Å². The molecular formula is C18H22ClN3O. The van der Waals surface area contributed by atoms with E-state index in [1.54, 1.807) is 0 Å². The van der Waals surface area contributed by atoms with E-state index in [0.29, 0.717) is 12.5 Å². The molecule has 0 fully saturated rings. The number of para-hydroxylation sites is 2. The first-order valence-corrected chi connectivity index (χ1v) is 7.56. The third kappa shape index (κ3) is 4.03. The summed E-state index contributed by atoms with van der Waals surface area (Å²) in [7, 11) is 4.14. The van der Waals surface area contributed by atoms with Crippen LogP contribution in [0.1, 0.15) is 6.42 Å². The lowest BCUT2D eigenvalue weighted by molar-refractivity contribution is 0.274. The highest BCUT2D eigenvalue weighted by atomic mass is 35.5. The fourth-order valence-corrected chi connectivity index (χ4v) is 2.46. The van der Waals surface area contributed by atoms with Crippen molar-refractivity contribution in [1.82, 2.24) is 14.7 Å². The Morgan fingerprint density at radius 2 is 1.70 bits per heavy atom. The van der Waals surface area contributed by atoms with Gasteiger partial charge in [0.15, 0.2) is 0 Å². The number of benzene rings is 2. The Morgan fingerprint density at radius 3 is 2.43 bits per heavy atom. The van der Waals surface area contributed by atoms with E-state index in [9.17, 15) is 0 Å². The second-order valence-corrected chi connectivity index (χ2v) is 5.57. The molecule has 3 aromatic rings. The fraction of sp³-hybridized carbons (Fsp3) is 0.278. The maximum atomic E-state index is 5.91. The molecule has 3 rings (SSSR count). The van der Waals surface area contributed by atoms with Gasteiger partial charge in [-0.1, -0.05) is 30.3 Å². The smallest absolute Gasteiger partial charge is 0.241 e. The van der Waals surface area contributed by atoms with Gasteiger partial charge in [0, 0.05) is 6.54 Å². The standard InChI is InChI=1S/C18H21N3O.ClH/c1-20(2)13-8-14-22-18-16-11-6-7-12-17(16)21(19-18)15-9-4-3-5-10-15;/h3-7,9-12H,8,13-14H2,1-2H3;1H. The second kappa shape index (κ2) is 7.99. The number of halogens is 1. The first kappa shape index (κ1) is 17.3. The van der Waals surface area contributed by atoms with Crippen molar-refractivity contribution in [2.24, 2.45) is 0 Å². The van der Waals surface area contributed by atoms with Crippen molar-refractivity contribution in [3.8, 4) is 11.6 Å². The summed E-state index contributed by atoms with van der Waals surface area (Å²) in [5, 5.41) is 5.71. The van der Waals surface area contributed by atoms with E-state index in [1.807, 2.05) is 35.0 Å². The first-order chi connectivity index (χ1) is 10.8. The Kier molecular flexibility index (Phi) is 6.02. The molecule has 0 atom stereocenters. The molecule has 0 aliphatic rings. The summed E-state index contributed by atoms with van der Waals surface area (Å²) in [6, 6.07) is 18.3. The third-order valence-corrected chi connectivity index (χ3v) is 3.54. The molecule has 4 nitrogen and oxygen atoms in total. The molecule has 0 N–H and O–H groups in total. The quantitative estimate of drug-likeness (QED) is 0.644. The highest BCUT2D eigenvalue weighted by molar-refractivity contribution is 5.86. The number of ether oxygens (including phenoxy) is 1. The molecule has 0 aliphatic heterocycles. The van der Waals surface area contributed by atoms with Crippen LogP contribution in [-0.4, -0.2) is 41.9 Å². The lowest BCUT2D eigenvalue weighted by Gasteiger charge is -2.09. The first-order valence-electron chi connectivity index (χ1n) is 7.56. The zero-order valence-electron chi connectivity index (χ0n) is 13.5. The Hall–Kier alpha value is -2.04. The van der Waals surface area contributed by atoms with Gasteiger partial charge in [-0.05, 0) is 44.8 Å². The van der Waals surface area contributed by atoms with Gasteiger partial charge in [-0.15, -0.1) is 17.5 Å². The van der Waals surface area contributed by atoms with E-state index in [4.69, 9.17) is 4.74 Å². The average molecular weight is 332 g/mol. The summed E-state index contributed by atoms with van der Waals surface area (Å²) in [6.07, 6.45) is 0.986. The molecule has 23 heavy (non-hydrogen) atoms. The summed E-state index contributed by atoms with van der Waals surface area (Å²) >= 11 is 0. The molecule has 0 saturated carbocycles. The number of fused-ring (bicyclic) bond motifs is 1. The number of rotatable bonds is 6. The molecule has 1 aromatic heterocycles. The van der Waals surface area contributed by atoms with Crippen LogP contribution in [0.25, 0.3) is 16.6 Å². The van der Waals surface area contributed by atoms with Crippen LogP contribution in [0.2, 0.25) is 0 Å². The van der Waals surface area contributed by atoms with Crippen LogP contribution in [0.5, 0.6) is 5.88 Å². The van der Waals surface area contributed by atoms with Gasteiger partial charge >= 0.3 is 0 Å². The maximum absolute atomic E-state index is 5.91. The van der Waals surface area contributed by atoms with Gasteiger partial charge in [-0.3, -0.25) is 0 Å². The fourth-order valence-electron chi connectivity index (χ4n) is 2.46. The third-order valence-electron chi connectivity index (χ3n) is 3.54. The predicted molar refractivity (Wildman–Crippen MR) is 97.0 cm³/mol. The van der Waals surface area contributed by atoms with E-state index < -0.39 is 0 Å². The van der Waals surface area contributed by atoms with Crippen molar-refractivity contribution in [3.63, 3.8) is 0 Å². The number of nitrogens with zero attached hydrogens (tertiary/aromatic N) is 3. The Labute approximate surface area is 143 Å². The zero-order chi connectivity index (χ0) is 15.4. The molecule has 0 aliphatic carbocycles. The Balaban J connectivity index is 0.00000192. The van der Waals surface area contributed by atoms with E-state index in [1.165, 1.54) is 0 Å². The SMILES string of the molecule is CN(C)CCCOc1nn(-c2ccccc2)c2ccccc12.Cl. The molecule has 1 heterocycles. The van der Waals surface area contributed by atoms with Crippen LogP contribution >= 0.6 is 12.4 Å². The maximum Gasteiger partial charge on any atom is 0.241 e. The molecule has 0 unspecified atom stereocenters. The molecule has 2 aromatic carbocycles. The summed E-state index contributed by atoms with van der Waals surface area (Å²) in [6.45, 7) is 1.69. The predicted octanol–water partition coefficient (Wildman–Crippen LogP) is 3.78. The molecule has 0 radical (unpaired) electrons. The molecule has 122 valence electrons. The van der Waals surface area contributed by atoms with Gasteiger partial charge in [0.25, 0.3) is 0 Å². The van der Waals surface area contributed by atoms with Gasteiger partial charge in [0.1, 0.15) is 0 Å². The van der Waals surface area contributed by atoms with Gasteiger partial charge in [-0.2, -0.15) is 0 Å². The largest absolute Gasteiger partial charge is 0.476 e. The van der Waals surface area contributed by atoms with Crippen molar-refractivity contribution in [2.45, 2.75) is 6.42 Å². The Bertz CT molecular complexity index is 740. The summed E-state index contributed by atoms with van der Waals surface area (Å²) in [5.41, 5.74) is 2.11. The van der Waals surface area contributed by atoms with Crippen molar-refractivity contribution in [3.05, 3.63) is 54.6 Å². The monoisotopic (exact) mass is 331 g/mol. The van der Waals surface area contributed by atoms with Crippen molar-refractivity contribution in [2.75, 3.05) is 27.2 Å². The highest BCUT2D eigenvalue weighted by Gasteiger charge is 2.12. The van der Waals surface area contributed by atoms with Gasteiger partial charge in [0.05, 0.1) is 23.2 Å². The van der Waals surface area contributed by atoms with Crippen molar-refractivity contribution < 1.29 is 4.74 Å². The molecular weight excluding hydrogens is 310 g/mol. The lowest BCUT2D eigenvalue weighted by atomic mass is 10.2. The lowest BCUT2D eigenvalue weighted by Crippen LogP contribution is -2.15. The second-order valence-electron chi connectivity index (χ2n) is 5.57. The summed E-state index contributed by atoms with van der Waals surface area (Å²) < 4.78 is 7.85. The van der Waals surface area contributed by atoms with E-state index in [2.05, 4.69) is 48.4 Å². The number of hydrogen-bond donors (Lipinski definition) is 0. The molecule has 0 amide bonds. The van der Waals surface area contributed by atoms with Crippen LogP contribution in [0.15, 0.2) is 54.6 Å². The number of aromatic nitrogens is 2. The minimum Gasteiger partial charge on any atom is -0.476 e. The van der Waals surface area contributed by atoms with Gasteiger partial charge in [0.2, 0.25) is 5.88 Å². The summed E-state index contributed by atoms with van der Waals surface area (Å²) in [5.74, 6) is 0.707. The normalized spacial score (nSPS) is 10.7. The van der Waals surface area contributed by atoms with Crippen LogP contribution in [0, 0.1) is 0 Å². The van der Waals surface area contributed by atoms with Crippen molar-refractivity contribution in [1.29, 1.82) is 0 Å². The minimum absolute atomic E-state index is 0. The van der Waals surface area contributed by atoms with Crippen LogP contribution < -0.4 is 4.74 Å². The molecule has 0 spiro atoms. The molecule has 0 saturated heterocycles. The van der Waals surface area contributed by atoms with Crippen LogP contribution in [0.4, 0.5) is 0 Å².